The number of nitrogens with one attached hydrogen (secondary N) is 1. The maximum atomic E-state index is 12.5. The largest absolute Gasteiger partial charge is 0.320 e. The van der Waals surface area contributed by atoms with Crippen LogP contribution in [0.3, 0.4) is 0 Å². The smallest absolute Gasteiger partial charge is 0.271 e. The van der Waals surface area contributed by atoms with Crippen molar-refractivity contribution in [3.63, 3.8) is 0 Å². The first-order chi connectivity index (χ1) is 11.6. The van der Waals surface area contributed by atoms with Crippen molar-refractivity contribution in [1.82, 2.24) is 0 Å². The molecule has 0 unspecified atom stereocenters. The molecule has 132 valence electrons. The molecule has 2 aromatic rings. The molecule has 0 aliphatic rings. The molecule has 0 radical (unpaired) electrons. The maximum Gasteiger partial charge on any atom is 0.271 e. The highest BCUT2D eigenvalue weighted by molar-refractivity contribution is 7.92. The summed E-state index contributed by atoms with van der Waals surface area (Å²) in [6.45, 7) is 0. The number of para-hydroxylation sites is 1. The Morgan fingerprint density at radius 2 is 1.88 bits per heavy atom. The third-order valence-corrected chi connectivity index (χ3v) is 4.92. The van der Waals surface area contributed by atoms with Crippen molar-refractivity contribution in [3.05, 3.63) is 63.2 Å². The predicted molar refractivity (Wildman–Crippen MR) is 95.7 cm³/mol. The molecule has 0 atom stereocenters. The van der Waals surface area contributed by atoms with Crippen molar-refractivity contribution in [2.75, 3.05) is 22.9 Å². The van der Waals surface area contributed by atoms with Gasteiger partial charge in [0.1, 0.15) is 0 Å². The molecule has 2 rings (SSSR count). The third kappa shape index (κ3) is 4.25. The minimum atomic E-state index is -3.57. The zero-order valence-electron chi connectivity index (χ0n) is 13.3. The van der Waals surface area contributed by atoms with Crippen LogP contribution < -0.4 is 9.62 Å². The predicted octanol–water partition coefficient (Wildman–Crippen LogP) is 2.90. The number of benzene rings is 2. The standard InChI is InChI=1S/C15H14ClN3O5S/c1-18(25(2,23)24)14-6-4-3-5-11(14)15(20)17-13-9-10(19(21)22)7-8-12(13)16/h3-9H,1-2H3,(H,17,20). The normalized spacial score (nSPS) is 11.0. The Labute approximate surface area is 149 Å². The van der Waals surface area contributed by atoms with E-state index >= 15 is 0 Å². The highest BCUT2D eigenvalue weighted by Crippen LogP contribution is 2.28. The molecule has 1 N–H and O–H groups in total. The van der Waals surface area contributed by atoms with Crippen LogP contribution in [0.1, 0.15) is 10.4 Å². The molecule has 0 bridgehead atoms. The first-order valence-electron chi connectivity index (χ1n) is 6.89. The lowest BCUT2D eigenvalue weighted by Gasteiger charge is -2.19. The number of carbonyl (C=O) groups is 1. The van der Waals surface area contributed by atoms with Crippen LogP contribution in [0.15, 0.2) is 42.5 Å². The molecular formula is C15H14ClN3O5S. The molecular weight excluding hydrogens is 370 g/mol. The number of hydrogen-bond donors (Lipinski definition) is 1. The van der Waals surface area contributed by atoms with Gasteiger partial charge in [-0.05, 0) is 18.2 Å². The van der Waals surface area contributed by atoms with Crippen LogP contribution >= 0.6 is 11.6 Å². The highest BCUT2D eigenvalue weighted by atomic mass is 35.5. The summed E-state index contributed by atoms with van der Waals surface area (Å²) in [5.74, 6) is -0.645. The lowest BCUT2D eigenvalue weighted by Crippen LogP contribution is -2.27. The fourth-order valence-electron chi connectivity index (χ4n) is 2.03. The minimum Gasteiger partial charge on any atom is -0.320 e. The molecule has 0 aliphatic carbocycles. The Kier molecular flexibility index (Phi) is 5.29. The number of non-ortho nitro benzene ring substituents is 1. The van der Waals surface area contributed by atoms with E-state index < -0.39 is 20.9 Å². The van der Waals surface area contributed by atoms with E-state index in [1.165, 1.54) is 31.3 Å². The number of sulfonamides is 1. The van der Waals surface area contributed by atoms with Gasteiger partial charge in [-0.1, -0.05) is 23.7 Å². The Morgan fingerprint density at radius 3 is 2.48 bits per heavy atom. The second kappa shape index (κ2) is 7.08. The molecule has 0 spiro atoms. The molecule has 0 heterocycles. The number of halogens is 1. The highest BCUT2D eigenvalue weighted by Gasteiger charge is 2.20. The van der Waals surface area contributed by atoms with Crippen molar-refractivity contribution < 1.29 is 18.1 Å². The summed E-state index contributed by atoms with van der Waals surface area (Å²) in [5, 5.41) is 13.4. The fourth-order valence-corrected chi connectivity index (χ4v) is 2.71. The lowest BCUT2D eigenvalue weighted by atomic mass is 10.1. The molecule has 0 saturated heterocycles. The summed E-state index contributed by atoms with van der Waals surface area (Å²) in [5.41, 5.74) is 0.0703. The fraction of sp³-hybridized carbons (Fsp3) is 0.133. The number of anilines is 2. The molecule has 8 nitrogen and oxygen atoms in total. The van der Waals surface area contributed by atoms with Gasteiger partial charge in [0.2, 0.25) is 10.0 Å². The van der Waals surface area contributed by atoms with Crippen molar-refractivity contribution in [1.29, 1.82) is 0 Å². The molecule has 0 saturated carbocycles. The van der Waals surface area contributed by atoms with Crippen LogP contribution in [0.4, 0.5) is 17.1 Å². The Morgan fingerprint density at radius 1 is 1.24 bits per heavy atom. The van der Waals surface area contributed by atoms with Gasteiger partial charge < -0.3 is 5.32 Å². The topological polar surface area (TPSA) is 110 Å². The van der Waals surface area contributed by atoms with Crippen LogP contribution in [0, 0.1) is 10.1 Å². The molecule has 25 heavy (non-hydrogen) atoms. The number of nitrogens with zero attached hydrogens (tertiary/aromatic N) is 2. The number of carbonyl (C=O) groups excluding carboxylic acids is 1. The number of hydrogen-bond acceptors (Lipinski definition) is 5. The Balaban J connectivity index is 2.41. The summed E-state index contributed by atoms with van der Waals surface area (Å²) in [4.78, 5) is 22.8. The quantitative estimate of drug-likeness (QED) is 0.630. The van der Waals surface area contributed by atoms with Gasteiger partial charge in [0.25, 0.3) is 11.6 Å². The van der Waals surface area contributed by atoms with Crippen LogP contribution in [0.5, 0.6) is 0 Å². The summed E-state index contributed by atoms with van der Waals surface area (Å²) in [7, 11) is -2.25. The second-order valence-electron chi connectivity index (χ2n) is 5.12. The first kappa shape index (κ1) is 18.7. The lowest BCUT2D eigenvalue weighted by molar-refractivity contribution is -0.384. The summed E-state index contributed by atoms with van der Waals surface area (Å²) in [6, 6.07) is 9.72. The van der Waals surface area contributed by atoms with E-state index in [9.17, 15) is 23.3 Å². The van der Waals surface area contributed by atoms with E-state index in [1.807, 2.05) is 0 Å². The van der Waals surface area contributed by atoms with Crippen LogP contribution in [0.2, 0.25) is 5.02 Å². The average Bonchev–Trinajstić information content (AvgIpc) is 2.55. The first-order valence-corrected chi connectivity index (χ1v) is 9.12. The molecule has 10 heteroatoms. The Bertz CT molecular complexity index is 946. The van der Waals surface area contributed by atoms with Gasteiger partial charge in [-0.15, -0.1) is 0 Å². The van der Waals surface area contributed by atoms with Gasteiger partial charge in [-0.3, -0.25) is 19.2 Å². The zero-order valence-corrected chi connectivity index (χ0v) is 14.8. The minimum absolute atomic E-state index is 0.0534. The van der Waals surface area contributed by atoms with Gasteiger partial charge in [0.05, 0.1) is 33.1 Å². The second-order valence-corrected chi connectivity index (χ2v) is 7.54. The van der Waals surface area contributed by atoms with E-state index in [0.717, 1.165) is 16.6 Å². The van der Waals surface area contributed by atoms with Crippen LogP contribution in [-0.4, -0.2) is 32.6 Å². The average molecular weight is 384 g/mol. The number of amides is 1. The Hall–Kier alpha value is -2.65. The van der Waals surface area contributed by atoms with Gasteiger partial charge in [-0.2, -0.15) is 0 Å². The van der Waals surface area contributed by atoms with Crippen molar-refractivity contribution in [2.24, 2.45) is 0 Å². The van der Waals surface area contributed by atoms with Gasteiger partial charge in [0, 0.05) is 19.2 Å². The van der Waals surface area contributed by atoms with E-state index in [1.54, 1.807) is 12.1 Å². The number of nitro groups is 1. The zero-order chi connectivity index (χ0) is 18.8. The maximum absolute atomic E-state index is 12.5. The molecule has 0 aliphatic heterocycles. The molecule has 2 aromatic carbocycles. The van der Waals surface area contributed by atoms with Crippen LogP contribution in [-0.2, 0) is 10.0 Å². The van der Waals surface area contributed by atoms with Crippen LogP contribution in [0.25, 0.3) is 0 Å². The van der Waals surface area contributed by atoms with Gasteiger partial charge >= 0.3 is 0 Å². The van der Waals surface area contributed by atoms with Gasteiger partial charge in [0.15, 0.2) is 0 Å². The number of nitro benzene ring substituents is 1. The third-order valence-electron chi connectivity index (χ3n) is 3.39. The summed E-state index contributed by atoms with van der Waals surface area (Å²) in [6.07, 6.45) is 1.01. The van der Waals surface area contributed by atoms with E-state index in [4.69, 9.17) is 11.6 Å². The van der Waals surface area contributed by atoms with E-state index in [2.05, 4.69) is 5.32 Å². The monoisotopic (exact) mass is 383 g/mol. The molecule has 0 aromatic heterocycles. The molecule has 1 amide bonds. The molecule has 0 fully saturated rings. The van der Waals surface area contributed by atoms with Crippen molar-refractivity contribution in [2.45, 2.75) is 0 Å². The number of rotatable bonds is 5. The summed E-state index contributed by atoms with van der Waals surface area (Å²) < 4.78 is 24.4. The summed E-state index contributed by atoms with van der Waals surface area (Å²) >= 11 is 5.96. The van der Waals surface area contributed by atoms with Crippen molar-refractivity contribution in [3.8, 4) is 0 Å². The SMILES string of the molecule is CN(c1ccccc1C(=O)Nc1cc([N+](=O)[O-])ccc1Cl)S(C)(=O)=O. The van der Waals surface area contributed by atoms with Crippen molar-refractivity contribution >= 4 is 44.6 Å². The van der Waals surface area contributed by atoms with Gasteiger partial charge in [-0.25, -0.2) is 8.42 Å². The van der Waals surface area contributed by atoms with E-state index in [-0.39, 0.29) is 27.6 Å². The van der Waals surface area contributed by atoms with E-state index in [0.29, 0.717) is 0 Å².